The Balaban J connectivity index is 1.13. The molecule has 0 fully saturated rings. The van der Waals surface area contributed by atoms with Crippen molar-refractivity contribution in [3.63, 3.8) is 0 Å². The molecule has 6 nitrogen and oxygen atoms in total. The molecule has 13 rings (SSSR count). The molecule has 0 aliphatic rings. The Hall–Kier alpha value is -8.84. The maximum atomic E-state index is 10.9. The van der Waals surface area contributed by atoms with Gasteiger partial charge in [-0.2, -0.15) is 10.5 Å². The van der Waals surface area contributed by atoms with Gasteiger partial charge in [-0.1, -0.05) is 109 Å². The Morgan fingerprint density at radius 1 is 0.258 bits per heavy atom. The van der Waals surface area contributed by atoms with Crippen molar-refractivity contribution in [3.05, 3.63) is 205 Å². The van der Waals surface area contributed by atoms with E-state index in [9.17, 15) is 10.5 Å². The number of fused-ring (bicyclic) bond motifs is 12. The average Bonchev–Trinajstić information content (AvgIpc) is 4.04. The third-order valence-corrected chi connectivity index (χ3v) is 12.8. The zero-order chi connectivity index (χ0) is 41.1. The summed E-state index contributed by atoms with van der Waals surface area (Å²) in [5.41, 5.74) is 12.9. The largest absolute Gasteiger partial charge is 0.309 e. The zero-order valence-electron chi connectivity index (χ0n) is 33.2. The molecule has 13 aromatic rings. The van der Waals surface area contributed by atoms with Gasteiger partial charge in [-0.25, -0.2) is 0 Å². The van der Waals surface area contributed by atoms with E-state index in [0.29, 0.717) is 22.5 Å². The molecule has 9 aromatic carbocycles. The molecule has 6 heteroatoms. The number of nitriles is 2. The van der Waals surface area contributed by atoms with Crippen LogP contribution in [0.5, 0.6) is 0 Å². The fourth-order valence-electron chi connectivity index (χ4n) is 10.2. The zero-order valence-corrected chi connectivity index (χ0v) is 33.2. The predicted octanol–water partition coefficient (Wildman–Crippen LogP) is 13.8. The second-order valence-electron chi connectivity index (χ2n) is 16.0. The number of hydrogen-bond donors (Lipinski definition) is 0. The molecule has 62 heavy (non-hydrogen) atoms. The van der Waals surface area contributed by atoms with Gasteiger partial charge in [-0.05, 0) is 84.9 Å². The van der Waals surface area contributed by atoms with Gasteiger partial charge in [0.2, 0.25) is 0 Å². The van der Waals surface area contributed by atoms with Crippen molar-refractivity contribution in [3.8, 4) is 34.9 Å². The van der Waals surface area contributed by atoms with Gasteiger partial charge in [-0.15, -0.1) is 0 Å². The average molecular weight is 789 g/mol. The standard InChI is InChI=1S/C56H32N6/c57-33-35-27-36(34-58)52(62-50-26-14-10-22-42(50)46-29-54-44(31-56(46)62)40-20-8-12-24-48(40)60(54)38-17-5-2-6-18-38)32-51(35)61-49-25-13-9-21-41(49)45-28-53-43(30-55(45)61)39-19-7-11-23-47(39)59(53)37-15-3-1-4-16-37/h1-32H. The molecule has 0 radical (unpaired) electrons. The van der Waals surface area contributed by atoms with Crippen LogP contribution in [0.1, 0.15) is 11.1 Å². The van der Waals surface area contributed by atoms with Crippen molar-refractivity contribution in [2.24, 2.45) is 0 Å². The molecule has 0 N–H and O–H groups in total. The quantitative estimate of drug-likeness (QED) is 0.178. The van der Waals surface area contributed by atoms with Gasteiger partial charge < -0.3 is 18.3 Å². The maximum absolute atomic E-state index is 10.9. The van der Waals surface area contributed by atoms with Crippen LogP contribution in [0, 0.1) is 22.7 Å². The number of aromatic nitrogens is 4. The molecule has 0 unspecified atom stereocenters. The first-order valence-corrected chi connectivity index (χ1v) is 20.7. The number of hydrogen-bond acceptors (Lipinski definition) is 2. The second kappa shape index (κ2) is 12.8. The van der Waals surface area contributed by atoms with Crippen LogP contribution in [-0.2, 0) is 0 Å². The van der Waals surface area contributed by atoms with Crippen molar-refractivity contribution in [1.82, 2.24) is 18.3 Å². The van der Waals surface area contributed by atoms with Gasteiger partial charge in [0.15, 0.2) is 0 Å². The Morgan fingerprint density at radius 3 is 0.887 bits per heavy atom. The molecule has 0 spiro atoms. The summed E-state index contributed by atoms with van der Waals surface area (Å²) in [6.45, 7) is 0. The smallest absolute Gasteiger partial charge is 0.101 e. The number of para-hydroxylation sites is 6. The van der Waals surface area contributed by atoms with E-state index in [1.165, 1.54) is 0 Å². The van der Waals surface area contributed by atoms with Crippen LogP contribution in [0.4, 0.5) is 0 Å². The topological polar surface area (TPSA) is 67.3 Å². The summed E-state index contributed by atoms with van der Waals surface area (Å²) in [6, 6.07) is 73.0. The maximum Gasteiger partial charge on any atom is 0.101 e. The van der Waals surface area contributed by atoms with E-state index in [-0.39, 0.29) is 0 Å². The Bertz CT molecular complexity index is 3840. The van der Waals surface area contributed by atoms with Gasteiger partial charge in [0.25, 0.3) is 0 Å². The molecule has 0 atom stereocenters. The summed E-state index contributed by atoms with van der Waals surface area (Å²) >= 11 is 0. The highest BCUT2D eigenvalue weighted by atomic mass is 15.0. The third-order valence-electron chi connectivity index (χ3n) is 12.8. The van der Waals surface area contributed by atoms with E-state index in [4.69, 9.17) is 0 Å². The SMILES string of the molecule is N#Cc1cc(C#N)c(-n2c3ccccc3c3cc4c(cc32)c2ccccc2n4-c2ccccc2)cc1-n1c2ccccc2c2cc3c(cc21)c1ccccc1n3-c1ccccc1. The van der Waals surface area contributed by atoms with E-state index in [1.54, 1.807) is 6.07 Å². The molecule has 0 saturated heterocycles. The van der Waals surface area contributed by atoms with Crippen molar-refractivity contribution in [1.29, 1.82) is 10.5 Å². The van der Waals surface area contributed by atoms with E-state index >= 15 is 0 Å². The highest BCUT2D eigenvalue weighted by molar-refractivity contribution is 6.21. The number of benzene rings is 9. The fraction of sp³-hybridized carbons (Fsp3) is 0. The first kappa shape index (κ1) is 34.1. The van der Waals surface area contributed by atoms with E-state index in [1.807, 2.05) is 12.1 Å². The van der Waals surface area contributed by atoms with E-state index in [0.717, 1.165) is 98.6 Å². The van der Waals surface area contributed by atoms with Crippen molar-refractivity contribution in [2.45, 2.75) is 0 Å². The van der Waals surface area contributed by atoms with Gasteiger partial charge in [0.05, 0.1) is 66.6 Å². The van der Waals surface area contributed by atoms with Gasteiger partial charge >= 0.3 is 0 Å². The molecule has 4 aromatic heterocycles. The summed E-state index contributed by atoms with van der Waals surface area (Å²) in [5, 5.41) is 30.7. The van der Waals surface area contributed by atoms with Crippen LogP contribution in [0.25, 0.3) is 110 Å². The lowest BCUT2D eigenvalue weighted by atomic mass is 10.1. The molecular weight excluding hydrogens is 757 g/mol. The molecule has 0 aliphatic heterocycles. The van der Waals surface area contributed by atoms with Gasteiger partial charge in [0, 0.05) is 54.5 Å². The minimum Gasteiger partial charge on any atom is -0.309 e. The van der Waals surface area contributed by atoms with Crippen molar-refractivity contribution >= 4 is 87.2 Å². The number of nitrogens with zero attached hydrogens (tertiary/aromatic N) is 6. The van der Waals surface area contributed by atoms with Gasteiger partial charge in [-0.3, -0.25) is 0 Å². The molecule has 0 bridgehead atoms. The minimum absolute atomic E-state index is 0.425. The Morgan fingerprint density at radius 2 is 0.548 bits per heavy atom. The number of rotatable bonds is 4. The van der Waals surface area contributed by atoms with Crippen LogP contribution in [-0.4, -0.2) is 18.3 Å². The molecule has 0 amide bonds. The monoisotopic (exact) mass is 788 g/mol. The molecule has 4 heterocycles. The molecule has 0 aliphatic carbocycles. The highest BCUT2D eigenvalue weighted by Gasteiger charge is 2.24. The fourth-order valence-corrected chi connectivity index (χ4v) is 10.2. The van der Waals surface area contributed by atoms with Gasteiger partial charge in [0.1, 0.15) is 12.1 Å². The second-order valence-corrected chi connectivity index (χ2v) is 16.0. The lowest BCUT2D eigenvalue weighted by Crippen LogP contribution is -2.04. The summed E-state index contributed by atoms with van der Waals surface area (Å²) in [5.74, 6) is 0. The van der Waals surface area contributed by atoms with E-state index < -0.39 is 0 Å². The van der Waals surface area contributed by atoms with Crippen LogP contribution in [0.3, 0.4) is 0 Å². The van der Waals surface area contributed by atoms with E-state index in [2.05, 4.69) is 206 Å². The molecular formula is C56H32N6. The minimum atomic E-state index is 0.425. The molecule has 0 saturated carbocycles. The van der Waals surface area contributed by atoms with Crippen molar-refractivity contribution < 1.29 is 0 Å². The summed E-state index contributed by atoms with van der Waals surface area (Å²) in [7, 11) is 0. The first-order valence-electron chi connectivity index (χ1n) is 20.7. The van der Waals surface area contributed by atoms with Crippen LogP contribution >= 0.6 is 0 Å². The van der Waals surface area contributed by atoms with Crippen molar-refractivity contribution in [2.75, 3.05) is 0 Å². The Kier molecular flexibility index (Phi) is 7.05. The summed E-state index contributed by atoms with van der Waals surface area (Å²) in [4.78, 5) is 0. The Labute approximate surface area is 354 Å². The summed E-state index contributed by atoms with van der Waals surface area (Å²) < 4.78 is 9.13. The summed E-state index contributed by atoms with van der Waals surface area (Å²) in [6.07, 6.45) is 0. The van der Waals surface area contributed by atoms with Crippen LogP contribution in [0.15, 0.2) is 194 Å². The predicted molar refractivity (Wildman–Crippen MR) is 253 cm³/mol. The van der Waals surface area contributed by atoms with Crippen LogP contribution < -0.4 is 0 Å². The van der Waals surface area contributed by atoms with Crippen LogP contribution in [0.2, 0.25) is 0 Å². The highest BCUT2D eigenvalue weighted by Crippen LogP contribution is 2.43. The molecule has 286 valence electrons. The third kappa shape index (κ3) is 4.61. The normalized spacial score (nSPS) is 11.8. The lowest BCUT2D eigenvalue weighted by Gasteiger charge is -2.16. The lowest BCUT2D eigenvalue weighted by molar-refractivity contribution is 1.12. The first-order chi connectivity index (χ1) is 30.7.